The van der Waals surface area contributed by atoms with Gasteiger partial charge in [-0.1, -0.05) is 18.2 Å². The van der Waals surface area contributed by atoms with Gasteiger partial charge in [0, 0.05) is 12.6 Å². The minimum atomic E-state index is -0.149. The quantitative estimate of drug-likeness (QED) is 0.633. The molecule has 1 amide bonds. The second-order valence-electron chi connectivity index (χ2n) is 6.41. The molecule has 0 radical (unpaired) electrons. The first-order valence-corrected chi connectivity index (χ1v) is 8.98. The number of ether oxygens (including phenoxy) is 2. The van der Waals surface area contributed by atoms with E-state index in [0.717, 1.165) is 28.2 Å². The predicted molar refractivity (Wildman–Crippen MR) is 110 cm³/mol. The zero-order valence-electron chi connectivity index (χ0n) is 15.8. The van der Waals surface area contributed by atoms with Crippen molar-refractivity contribution in [3.8, 4) is 11.5 Å². The number of benzene rings is 2. The fraction of sp³-hybridized carbons (Fsp3) is 0.238. The smallest absolute Gasteiger partial charge is 0.276 e. The van der Waals surface area contributed by atoms with Crippen molar-refractivity contribution in [3.05, 3.63) is 64.3 Å². The Labute approximate surface area is 164 Å². The number of thiocarbonyl (C=S) groups is 1. The molecule has 0 unspecified atom stereocenters. The molecule has 5 nitrogen and oxygen atoms in total. The highest BCUT2D eigenvalue weighted by atomic mass is 32.1. The molecule has 0 aliphatic carbocycles. The average Bonchev–Trinajstić information content (AvgIpc) is 2.90. The third-order valence-electron chi connectivity index (χ3n) is 4.63. The van der Waals surface area contributed by atoms with E-state index in [9.17, 15) is 4.79 Å². The van der Waals surface area contributed by atoms with Gasteiger partial charge in [0.05, 0.1) is 7.11 Å². The zero-order chi connectivity index (χ0) is 19.6. The third kappa shape index (κ3) is 3.95. The van der Waals surface area contributed by atoms with Gasteiger partial charge in [0.25, 0.3) is 5.91 Å². The Morgan fingerprint density at radius 1 is 1.19 bits per heavy atom. The van der Waals surface area contributed by atoms with E-state index in [2.05, 4.69) is 18.3 Å². The van der Waals surface area contributed by atoms with E-state index in [1.165, 1.54) is 10.5 Å². The molecular formula is C21H22N2O3S. The Balaban J connectivity index is 1.85. The van der Waals surface area contributed by atoms with E-state index in [1.54, 1.807) is 20.2 Å². The number of hydrogen-bond donors (Lipinski definition) is 1. The summed E-state index contributed by atoms with van der Waals surface area (Å²) >= 11 is 5.11. The maximum Gasteiger partial charge on any atom is 0.276 e. The van der Waals surface area contributed by atoms with E-state index in [0.29, 0.717) is 17.4 Å². The lowest BCUT2D eigenvalue weighted by Gasteiger charge is -2.14. The van der Waals surface area contributed by atoms with Crippen molar-refractivity contribution >= 4 is 29.3 Å². The third-order valence-corrected chi connectivity index (χ3v) is 5.01. The number of aryl methyl sites for hydroxylation is 1. The Morgan fingerprint density at radius 2 is 1.96 bits per heavy atom. The molecule has 27 heavy (non-hydrogen) atoms. The van der Waals surface area contributed by atoms with Crippen molar-refractivity contribution in [2.24, 2.45) is 0 Å². The normalized spacial score (nSPS) is 15.3. The molecule has 0 bridgehead atoms. The van der Waals surface area contributed by atoms with Crippen LogP contribution in [0, 0.1) is 13.8 Å². The number of hydrogen-bond acceptors (Lipinski definition) is 4. The van der Waals surface area contributed by atoms with E-state index in [4.69, 9.17) is 21.7 Å². The van der Waals surface area contributed by atoms with Gasteiger partial charge < -0.3 is 14.8 Å². The van der Waals surface area contributed by atoms with Gasteiger partial charge in [-0.25, -0.2) is 0 Å². The number of amides is 1. The lowest BCUT2D eigenvalue weighted by molar-refractivity contribution is -0.121. The Morgan fingerprint density at radius 3 is 2.63 bits per heavy atom. The van der Waals surface area contributed by atoms with Crippen LogP contribution in [0.3, 0.4) is 0 Å². The maximum absolute atomic E-state index is 12.2. The second-order valence-corrected chi connectivity index (χ2v) is 6.80. The highest BCUT2D eigenvalue weighted by Gasteiger charge is 2.26. The molecule has 3 rings (SSSR count). The summed E-state index contributed by atoms with van der Waals surface area (Å²) in [5.41, 5.74) is 4.52. The molecule has 1 N–H and O–H groups in total. The lowest BCUT2D eigenvalue weighted by atomic mass is 10.1. The molecule has 0 saturated carbocycles. The molecule has 0 aromatic heterocycles. The Hall–Kier alpha value is -2.86. The highest BCUT2D eigenvalue weighted by molar-refractivity contribution is 7.80. The van der Waals surface area contributed by atoms with Gasteiger partial charge in [0.2, 0.25) is 0 Å². The number of rotatable bonds is 5. The molecule has 140 valence electrons. The molecule has 1 fully saturated rings. The average molecular weight is 382 g/mol. The van der Waals surface area contributed by atoms with Gasteiger partial charge in [-0.05, 0) is 67.0 Å². The maximum atomic E-state index is 12.2. The second kappa shape index (κ2) is 7.80. The van der Waals surface area contributed by atoms with E-state index in [1.807, 2.05) is 37.3 Å². The number of methoxy groups -OCH3 is 1. The number of carbonyl (C=O) groups is 1. The van der Waals surface area contributed by atoms with Crippen molar-refractivity contribution in [1.29, 1.82) is 0 Å². The van der Waals surface area contributed by atoms with Crippen LogP contribution in [0.2, 0.25) is 0 Å². The van der Waals surface area contributed by atoms with Crippen molar-refractivity contribution in [2.45, 2.75) is 20.5 Å². The fourth-order valence-corrected chi connectivity index (χ4v) is 3.02. The molecule has 0 atom stereocenters. The monoisotopic (exact) mass is 382 g/mol. The number of nitrogens with one attached hydrogen (secondary N) is 1. The van der Waals surface area contributed by atoms with Crippen LogP contribution in [0.15, 0.2) is 42.1 Å². The first-order chi connectivity index (χ1) is 12.9. The van der Waals surface area contributed by atoms with Crippen molar-refractivity contribution in [2.75, 3.05) is 14.2 Å². The molecule has 2 aromatic rings. The number of carbonyl (C=O) groups excluding carboxylic acids is 1. The van der Waals surface area contributed by atoms with Gasteiger partial charge in [-0.2, -0.15) is 0 Å². The van der Waals surface area contributed by atoms with Gasteiger partial charge >= 0.3 is 0 Å². The van der Waals surface area contributed by atoms with E-state index >= 15 is 0 Å². The van der Waals surface area contributed by atoms with Crippen LogP contribution in [-0.4, -0.2) is 30.1 Å². The Bertz CT molecular complexity index is 937. The van der Waals surface area contributed by atoms with Gasteiger partial charge in [0.1, 0.15) is 23.8 Å². The number of likely N-dealkylation sites (N-methyl/N-ethyl adjacent to an activating group) is 1. The molecule has 2 aromatic carbocycles. The first kappa shape index (κ1) is 18.9. The van der Waals surface area contributed by atoms with Crippen molar-refractivity contribution < 1.29 is 14.3 Å². The molecule has 0 spiro atoms. The zero-order valence-corrected chi connectivity index (χ0v) is 16.6. The molecule has 1 heterocycles. The minimum Gasteiger partial charge on any atom is -0.496 e. The highest BCUT2D eigenvalue weighted by Crippen LogP contribution is 2.26. The van der Waals surface area contributed by atoms with Gasteiger partial charge in [-0.15, -0.1) is 0 Å². The summed E-state index contributed by atoms with van der Waals surface area (Å²) in [6.45, 7) is 4.46. The SMILES string of the molecule is COc1ccc(/C=C2/NC(=S)N(C)C2=O)cc1COc1cccc(C)c1C. The molecule has 6 heteroatoms. The minimum absolute atomic E-state index is 0.149. The van der Waals surface area contributed by atoms with Crippen LogP contribution in [-0.2, 0) is 11.4 Å². The summed E-state index contributed by atoms with van der Waals surface area (Å²) < 4.78 is 11.5. The van der Waals surface area contributed by atoms with Crippen LogP contribution >= 0.6 is 12.2 Å². The van der Waals surface area contributed by atoms with Crippen LogP contribution in [0.5, 0.6) is 11.5 Å². The lowest BCUT2D eigenvalue weighted by Crippen LogP contribution is -2.25. The topological polar surface area (TPSA) is 50.8 Å². The standard InChI is InChI=1S/C21H22N2O3S/c1-13-6-5-7-18(14(13)2)26-12-16-10-15(8-9-19(16)25-4)11-17-20(24)23(3)21(27)22-17/h5-11H,12H2,1-4H3,(H,22,27)/b17-11+. The van der Waals surface area contributed by atoms with Crippen LogP contribution in [0.1, 0.15) is 22.3 Å². The molecule has 1 saturated heterocycles. The van der Waals surface area contributed by atoms with E-state index < -0.39 is 0 Å². The summed E-state index contributed by atoms with van der Waals surface area (Å²) in [6, 6.07) is 11.7. The molecule has 1 aliphatic rings. The predicted octanol–water partition coefficient (Wildman–Crippen LogP) is 3.58. The van der Waals surface area contributed by atoms with Gasteiger partial charge in [0.15, 0.2) is 5.11 Å². The molecular weight excluding hydrogens is 360 g/mol. The molecule has 1 aliphatic heterocycles. The van der Waals surface area contributed by atoms with Crippen LogP contribution < -0.4 is 14.8 Å². The van der Waals surface area contributed by atoms with Crippen LogP contribution in [0.25, 0.3) is 6.08 Å². The van der Waals surface area contributed by atoms with Gasteiger partial charge in [-0.3, -0.25) is 9.69 Å². The summed E-state index contributed by atoms with van der Waals surface area (Å²) in [5, 5.41) is 3.33. The van der Waals surface area contributed by atoms with Crippen molar-refractivity contribution in [1.82, 2.24) is 10.2 Å². The van der Waals surface area contributed by atoms with Crippen LogP contribution in [0.4, 0.5) is 0 Å². The first-order valence-electron chi connectivity index (χ1n) is 8.57. The van der Waals surface area contributed by atoms with E-state index in [-0.39, 0.29) is 5.91 Å². The number of nitrogens with zero attached hydrogens (tertiary/aromatic N) is 1. The van der Waals surface area contributed by atoms with Crippen molar-refractivity contribution in [3.63, 3.8) is 0 Å². The fourth-order valence-electron chi connectivity index (χ4n) is 2.83. The Kier molecular flexibility index (Phi) is 5.46. The summed E-state index contributed by atoms with van der Waals surface area (Å²) in [6.07, 6.45) is 1.78. The summed E-state index contributed by atoms with van der Waals surface area (Å²) in [4.78, 5) is 13.6. The summed E-state index contributed by atoms with van der Waals surface area (Å²) in [5.74, 6) is 1.44. The largest absolute Gasteiger partial charge is 0.496 e. The summed E-state index contributed by atoms with van der Waals surface area (Å²) in [7, 11) is 3.28.